The minimum atomic E-state index is -0.748. The highest BCUT2D eigenvalue weighted by Crippen LogP contribution is 2.29. The summed E-state index contributed by atoms with van der Waals surface area (Å²) in [5, 5.41) is 0. The highest BCUT2D eigenvalue weighted by molar-refractivity contribution is 5.91. The average Bonchev–Trinajstić information content (AvgIpc) is 2.84. The summed E-state index contributed by atoms with van der Waals surface area (Å²) in [4.78, 5) is 12.4. The van der Waals surface area contributed by atoms with Crippen LogP contribution in [0.15, 0.2) is 42.5 Å². The van der Waals surface area contributed by atoms with Crippen LogP contribution in [0.4, 0.5) is 4.39 Å². The number of hydrogen-bond acceptors (Lipinski definition) is 5. The highest BCUT2D eigenvalue weighted by atomic mass is 19.1. The van der Waals surface area contributed by atoms with E-state index in [2.05, 4.69) is 6.92 Å². The maximum atomic E-state index is 14.7. The Morgan fingerprint density at radius 3 is 2.30 bits per heavy atom. The van der Waals surface area contributed by atoms with E-state index in [0.717, 1.165) is 12.8 Å². The van der Waals surface area contributed by atoms with Gasteiger partial charge in [-0.25, -0.2) is 9.18 Å². The molecule has 1 saturated heterocycles. The van der Waals surface area contributed by atoms with Gasteiger partial charge in [0.2, 0.25) is 0 Å². The lowest BCUT2D eigenvalue weighted by Gasteiger charge is -2.30. The molecule has 1 heterocycles. The van der Waals surface area contributed by atoms with Gasteiger partial charge in [0.25, 0.3) is 0 Å². The maximum Gasteiger partial charge on any atom is 0.343 e. The van der Waals surface area contributed by atoms with Crippen molar-refractivity contribution in [1.82, 2.24) is 0 Å². The number of rotatable bonds is 12. The molecule has 2 aromatic rings. The van der Waals surface area contributed by atoms with Gasteiger partial charge in [-0.2, -0.15) is 0 Å². The van der Waals surface area contributed by atoms with Gasteiger partial charge in [-0.15, -0.1) is 0 Å². The molecule has 0 atom stereocenters. The van der Waals surface area contributed by atoms with Crippen LogP contribution in [0.25, 0.3) is 0 Å². The molecule has 0 amide bonds. The highest BCUT2D eigenvalue weighted by Gasteiger charge is 2.26. The smallest absolute Gasteiger partial charge is 0.343 e. The van der Waals surface area contributed by atoms with Gasteiger partial charge < -0.3 is 18.9 Å². The number of carbonyl (C=O) groups excluding carboxylic acids is 1. The van der Waals surface area contributed by atoms with Crippen LogP contribution < -0.4 is 9.47 Å². The molecule has 1 aliphatic rings. The lowest BCUT2D eigenvalue weighted by Crippen LogP contribution is -2.27. The van der Waals surface area contributed by atoms with Crippen LogP contribution >= 0.6 is 0 Å². The molecule has 3 rings (SSSR count). The molecular weight excluding hydrogens is 423 g/mol. The Labute approximate surface area is 196 Å². The standard InChI is InChI=1S/C27H35FO5/c1-3-5-6-7-8-9-20-18-31-27(32-19-20)24-15-10-21(17-25(24)28)26(29)33-23-13-11-22(12-14-23)30-16-4-2/h10-15,17,20,27H,3-9,16,18-19H2,1-2H3. The summed E-state index contributed by atoms with van der Waals surface area (Å²) >= 11 is 0. The fraction of sp³-hybridized carbons (Fsp3) is 0.519. The van der Waals surface area contributed by atoms with E-state index >= 15 is 0 Å². The first-order valence-corrected chi connectivity index (χ1v) is 12.1. The Morgan fingerprint density at radius 1 is 0.939 bits per heavy atom. The molecule has 0 aromatic heterocycles. The van der Waals surface area contributed by atoms with E-state index in [0.29, 0.717) is 42.8 Å². The second-order valence-corrected chi connectivity index (χ2v) is 8.51. The predicted octanol–water partition coefficient (Wildman–Crippen LogP) is 6.86. The van der Waals surface area contributed by atoms with Gasteiger partial charge in [-0.05, 0) is 49.2 Å². The van der Waals surface area contributed by atoms with Gasteiger partial charge in [-0.1, -0.05) is 52.0 Å². The summed E-state index contributed by atoms with van der Waals surface area (Å²) in [7, 11) is 0. The van der Waals surface area contributed by atoms with E-state index in [1.807, 2.05) is 6.92 Å². The Hall–Kier alpha value is -2.44. The van der Waals surface area contributed by atoms with Crippen LogP contribution in [0.5, 0.6) is 11.5 Å². The molecule has 0 spiro atoms. The first-order valence-electron chi connectivity index (χ1n) is 12.1. The van der Waals surface area contributed by atoms with E-state index in [-0.39, 0.29) is 5.56 Å². The number of halogens is 1. The number of benzene rings is 2. The molecule has 33 heavy (non-hydrogen) atoms. The van der Waals surface area contributed by atoms with Crippen LogP contribution in [-0.2, 0) is 9.47 Å². The zero-order valence-electron chi connectivity index (χ0n) is 19.7. The Kier molecular flexibility index (Phi) is 10.2. The fourth-order valence-electron chi connectivity index (χ4n) is 3.76. The van der Waals surface area contributed by atoms with Crippen molar-refractivity contribution in [3.05, 3.63) is 59.4 Å². The monoisotopic (exact) mass is 458 g/mol. The molecule has 2 aromatic carbocycles. The third-order valence-electron chi connectivity index (χ3n) is 5.68. The summed E-state index contributed by atoms with van der Waals surface area (Å²) in [6.45, 7) is 5.97. The van der Waals surface area contributed by atoms with Crippen LogP contribution in [-0.4, -0.2) is 25.8 Å². The van der Waals surface area contributed by atoms with Gasteiger partial charge in [0, 0.05) is 11.5 Å². The molecule has 1 aliphatic heterocycles. The van der Waals surface area contributed by atoms with E-state index in [9.17, 15) is 9.18 Å². The van der Waals surface area contributed by atoms with Gasteiger partial charge in [0.15, 0.2) is 6.29 Å². The van der Waals surface area contributed by atoms with Crippen molar-refractivity contribution in [3.8, 4) is 11.5 Å². The average molecular weight is 459 g/mol. The number of hydrogen-bond donors (Lipinski definition) is 0. The van der Waals surface area contributed by atoms with Crippen molar-refractivity contribution in [3.63, 3.8) is 0 Å². The van der Waals surface area contributed by atoms with Gasteiger partial charge in [-0.3, -0.25) is 0 Å². The van der Waals surface area contributed by atoms with E-state index < -0.39 is 18.1 Å². The second-order valence-electron chi connectivity index (χ2n) is 8.51. The molecule has 0 saturated carbocycles. The van der Waals surface area contributed by atoms with Gasteiger partial charge in [0.1, 0.15) is 17.3 Å². The zero-order valence-corrected chi connectivity index (χ0v) is 19.7. The maximum absolute atomic E-state index is 14.7. The number of carbonyl (C=O) groups is 1. The molecule has 6 heteroatoms. The molecular formula is C27H35FO5. The van der Waals surface area contributed by atoms with Crippen molar-refractivity contribution >= 4 is 5.97 Å². The van der Waals surface area contributed by atoms with Crippen molar-refractivity contribution in [2.24, 2.45) is 5.92 Å². The molecule has 0 aliphatic carbocycles. The molecule has 1 fully saturated rings. The summed E-state index contributed by atoms with van der Waals surface area (Å²) in [6.07, 6.45) is 7.42. The van der Waals surface area contributed by atoms with Crippen molar-refractivity contribution in [1.29, 1.82) is 0 Å². The van der Waals surface area contributed by atoms with Crippen LogP contribution in [0, 0.1) is 11.7 Å². The van der Waals surface area contributed by atoms with Crippen molar-refractivity contribution in [2.45, 2.75) is 65.1 Å². The summed E-state index contributed by atoms with van der Waals surface area (Å²) < 4.78 is 37.2. The second kappa shape index (κ2) is 13.3. The SMILES string of the molecule is CCCCCCCC1COC(c2ccc(C(=O)Oc3ccc(OCCC)cc3)cc2F)OC1. The largest absolute Gasteiger partial charge is 0.494 e. The van der Waals surface area contributed by atoms with E-state index in [4.69, 9.17) is 18.9 Å². The molecule has 0 unspecified atom stereocenters. The normalized spacial score (nSPS) is 18.2. The van der Waals surface area contributed by atoms with Crippen molar-refractivity contribution in [2.75, 3.05) is 19.8 Å². The van der Waals surface area contributed by atoms with E-state index in [1.54, 1.807) is 24.3 Å². The lowest BCUT2D eigenvalue weighted by molar-refractivity contribution is -0.207. The summed E-state index contributed by atoms with van der Waals surface area (Å²) in [6, 6.07) is 11.0. The zero-order chi connectivity index (χ0) is 23.5. The number of ether oxygens (including phenoxy) is 4. The first-order chi connectivity index (χ1) is 16.1. The van der Waals surface area contributed by atoms with Gasteiger partial charge in [0.05, 0.1) is 25.4 Å². The van der Waals surface area contributed by atoms with Crippen LogP contribution in [0.3, 0.4) is 0 Å². The fourth-order valence-corrected chi connectivity index (χ4v) is 3.76. The molecule has 0 bridgehead atoms. The lowest BCUT2D eigenvalue weighted by atomic mass is 10.0. The van der Waals surface area contributed by atoms with Crippen LogP contribution in [0.2, 0.25) is 0 Å². The summed E-state index contributed by atoms with van der Waals surface area (Å²) in [5.74, 6) is 0.248. The third kappa shape index (κ3) is 7.83. The first kappa shape index (κ1) is 25.2. The van der Waals surface area contributed by atoms with E-state index in [1.165, 1.54) is 50.3 Å². The van der Waals surface area contributed by atoms with Crippen molar-refractivity contribution < 1.29 is 28.1 Å². The topological polar surface area (TPSA) is 54.0 Å². The van der Waals surface area contributed by atoms with Gasteiger partial charge >= 0.3 is 5.97 Å². The Balaban J connectivity index is 1.49. The third-order valence-corrected chi connectivity index (χ3v) is 5.68. The summed E-state index contributed by atoms with van der Waals surface area (Å²) in [5.41, 5.74) is 0.425. The Bertz CT molecular complexity index is 859. The Morgan fingerprint density at radius 2 is 1.64 bits per heavy atom. The number of esters is 1. The quantitative estimate of drug-likeness (QED) is 0.198. The molecule has 5 nitrogen and oxygen atoms in total. The minimum Gasteiger partial charge on any atom is -0.494 e. The number of unbranched alkanes of at least 4 members (excludes halogenated alkanes) is 4. The molecule has 0 radical (unpaired) electrons. The molecule has 0 N–H and O–H groups in total. The van der Waals surface area contributed by atoms with Crippen LogP contribution in [0.1, 0.15) is 81.0 Å². The minimum absolute atomic E-state index is 0.128. The predicted molar refractivity (Wildman–Crippen MR) is 125 cm³/mol. The molecule has 180 valence electrons.